The Balaban J connectivity index is 2.22. The lowest BCUT2D eigenvalue weighted by atomic mass is 10.2. The molecule has 1 aromatic carbocycles. The number of rotatable bonds is 3. The lowest BCUT2D eigenvalue weighted by Gasteiger charge is -2.19. The predicted octanol–water partition coefficient (Wildman–Crippen LogP) is 2.83. The number of amides is 1. The molecule has 0 radical (unpaired) electrons. The number of hydrogen-bond donors (Lipinski definition) is 0. The van der Waals surface area contributed by atoms with Gasteiger partial charge in [0.15, 0.2) is 0 Å². The smallest absolute Gasteiger partial charge is 0.224 e. The number of benzene rings is 1. The Morgan fingerprint density at radius 2 is 1.94 bits per heavy atom. The molecular formula is C13H13NO2. The maximum atomic E-state index is 11.6. The molecule has 82 valence electrons. The fraction of sp³-hybridized carbons (Fsp3) is 0.154. The predicted molar refractivity (Wildman–Crippen MR) is 62.0 cm³/mol. The van der Waals surface area contributed by atoms with E-state index in [1.165, 1.54) is 0 Å². The van der Waals surface area contributed by atoms with Crippen LogP contribution in [0.5, 0.6) is 0 Å². The number of carbonyl (C=O) groups excluding carboxylic acids is 1. The van der Waals surface area contributed by atoms with Crippen LogP contribution in [0, 0.1) is 0 Å². The molecule has 0 aliphatic carbocycles. The molecule has 0 saturated heterocycles. The second-order valence-electron chi connectivity index (χ2n) is 3.52. The van der Waals surface area contributed by atoms with Crippen molar-refractivity contribution in [3.05, 3.63) is 54.5 Å². The SMILES string of the molecule is CC(=O)N(Cc1ccco1)c1ccccc1. The molecule has 0 fully saturated rings. The number of carbonyl (C=O) groups is 1. The first-order chi connectivity index (χ1) is 7.77. The molecule has 0 bridgehead atoms. The Bertz CT molecular complexity index is 448. The molecule has 0 spiro atoms. The molecule has 2 aromatic rings. The molecule has 1 heterocycles. The van der Waals surface area contributed by atoms with E-state index in [9.17, 15) is 4.79 Å². The Labute approximate surface area is 94.3 Å². The first-order valence-corrected chi connectivity index (χ1v) is 5.13. The Morgan fingerprint density at radius 1 is 1.19 bits per heavy atom. The minimum Gasteiger partial charge on any atom is -0.467 e. The molecule has 2 rings (SSSR count). The summed E-state index contributed by atoms with van der Waals surface area (Å²) in [5.74, 6) is 0.779. The number of furan rings is 1. The van der Waals surface area contributed by atoms with E-state index >= 15 is 0 Å². The molecule has 0 unspecified atom stereocenters. The highest BCUT2D eigenvalue weighted by molar-refractivity contribution is 5.91. The molecule has 16 heavy (non-hydrogen) atoms. The second kappa shape index (κ2) is 4.66. The van der Waals surface area contributed by atoms with Crippen molar-refractivity contribution in [3.63, 3.8) is 0 Å². The number of para-hydroxylation sites is 1. The van der Waals surface area contributed by atoms with E-state index in [4.69, 9.17) is 4.42 Å². The summed E-state index contributed by atoms with van der Waals surface area (Å²) in [4.78, 5) is 13.2. The largest absolute Gasteiger partial charge is 0.467 e. The van der Waals surface area contributed by atoms with Crippen LogP contribution in [-0.2, 0) is 11.3 Å². The van der Waals surface area contributed by atoms with Crippen molar-refractivity contribution in [2.75, 3.05) is 4.90 Å². The van der Waals surface area contributed by atoms with Crippen molar-refractivity contribution in [3.8, 4) is 0 Å². The van der Waals surface area contributed by atoms with Crippen molar-refractivity contribution >= 4 is 11.6 Å². The fourth-order valence-corrected chi connectivity index (χ4v) is 1.55. The minimum atomic E-state index is 0.00241. The summed E-state index contributed by atoms with van der Waals surface area (Å²) >= 11 is 0. The third-order valence-corrected chi connectivity index (χ3v) is 2.34. The summed E-state index contributed by atoms with van der Waals surface area (Å²) in [5, 5.41) is 0. The molecule has 1 amide bonds. The zero-order valence-electron chi connectivity index (χ0n) is 9.09. The van der Waals surface area contributed by atoms with Crippen LogP contribution in [0.4, 0.5) is 5.69 Å². The van der Waals surface area contributed by atoms with Gasteiger partial charge < -0.3 is 9.32 Å². The van der Waals surface area contributed by atoms with Crippen LogP contribution in [-0.4, -0.2) is 5.91 Å². The van der Waals surface area contributed by atoms with Crippen molar-refractivity contribution < 1.29 is 9.21 Å². The summed E-state index contributed by atoms with van der Waals surface area (Å²) in [6.07, 6.45) is 1.61. The monoisotopic (exact) mass is 215 g/mol. The van der Waals surface area contributed by atoms with Crippen LogP contribution < -0.4 is 4.90 Å². The molecule has 0 atom stereocenters. The first-order valence-electron chi connectivity index (χ1n) is 5.13. The number of anilines is 1. The van der Waals surface area contributed by atoms with Crippen molar-refractivity contribution in [1.29, 1.82) is 0 Å². The summed E-state index contributed by atoms with van der Waals surface area (Å²) < 4.78 is 5.24. The molecule has 0 N–H and O–H groups in total. The zero-order valence-corrected chi connectivity index (χ0v) is 9.09. The molecule has 0 aliphatic rings. The number of nitrogens with zero attached hydrogens (tertiary/aromatic N) is 1. The Morgan fingerprint density at radius 3 is 2.50 bits per heavy atom. The third-order valence-electron chi connectivity index (χ3n) is 2.34. The molecule has 0 saturated carbocycles. The lowest BCUT2D eigenvalue weighted by Crippen LogP contribution is -2.27. The van der Waals surface area contributed by atoms with Crippen molar-refractivity contribution in [2.24, 2.45) is 0 Å². The second-order valence-corrected chi connectivity index (χ2v) is 3.52. The highest BCUT2D eigenvalue weighted by Crippen LogP contribution is 2.17. The van der Waals surface area contributed by atoms with Gasteiger partial charge in [-0.1, -0.05) is 18.2 Å². The van der Waals surface area contributed by atoms with E-state index in [1.807, 2.05) is 42.5 Å². The van der Waals surface area contributed by atoms with Gasteiger partial charge in [-0.25, -0.2) is 0 Å². The average Bonchev–Trinajstić information content (AvgIpc) is 2.79. The first kappa shape index (κ1) is 10.5. The van der Waals surface area contributed by atoms with Crippen LogP contribution in [0.25, 0.3) is 0 Å². The van der Waals surface area contributed by atoms with Gasteiger partial charge in [0.05, 0.1) is 12.8 Å². The van der Waals surface area contributed by atoms with Gasteiger partial charge in [-0.3, -0.25) is 4.79 Å². The maximum Gasteiger partial charge on any atom is 0.224 e. The molecule has 0 aliphatic heterocycles. The topological polar surface area (TPSA) is 33.5 Å². The summed E-state index contributed by atoms with van der Waals surface area (Å²) in [6, 6.07) is 13.2. The van der Waals surface area contributed by atoms with E-state index in [1.54, 1.807) is 18.1 Å². The van der Waals surface area contributed by atoms with E-state index in [-0.39, 0.29) is 5.91 Å². The van der Waals surface area contributed by atoms with Crippen molar-refractivity contribution in [1.82, 2.24) is 0 Å². The number of hydrogen-bond acceptors (Lipinski definition) is 2. The van der Waals surface area contributed by atoms with Crippen LogP contribution in [0.1, 0.15) is 12.7 Å². The zero-order chi connectivity index (χ0) is 11.4. The molecule has 3 heteroatoms. The summed E-state index contributed by atoms with van der Waals surface area (Å²) in [5.41, 5.74) is 0.881. The standard InChI is InChI=1S/C13H13NO2/c1-11(15)14(10-13-8-5-9-16-13)12-6-3-2-4-7-12/h2-9H,10H2,1H3. The van der Waals surface area contributed by atoms with Gasteiger partial charge in [-0.15, -0.1) is 0 Å². The maximum absolute atomic E-state index is 11.6. The Hall–Kier alpha value is -2.03. The van der Waals surface area contributed by atoms with Crippen LogP contribution in [0.15, 0.2) is 53.1 Å². The van der Waals surface area contributed by atoms with Gasteiger partial charge in [0.1, 0.15) is 5.76 Å². The van der Waals surface area contributed by atoms with E-state index < -0.39 is 0 Å². The van der Waals surface area contributed by atoms with Gasteiger partial charge in [-0.2, -0.15) is 0 Å². The molecule has 1 aromatic heterocycles. The van der Waals surface area contributed by atoms with Crippen molar-refractivity contribution in [2.45, 2.75) is 13.5 Å². The normalized spacial score (nSPS) is 10.1. The van der Waals surface area contributed by atoms with E-state index in [0.717, 1.165) is 11.4 Å². The van der Waals surface area contributed by atoms with Gasteiger partial charge in [0.25, 0.3) is 0 Å². The Kier molecular flexibility index (Phi) is 3.05. The van der Waals surface area contributed by atoms with Crippen LogP contribution in [0.2, 0.25) is 0 Å². The van der Waals surface area contributed by atoms with Crippen LogP contribution in [0.3, 0.4) is 0 Å². The highest BCUT2D eigenvalue weighted by Gasteiger charge is 2.12. The third kappa shape index (κ3) is 2.31. The highest BCUT2D eigenvalue weighted by atomic mass is 16.3. The van der Waals surface area contributed by atoms with Gasteiger partial charge in [0.2, 0.25) is 5.91 Å². The molecule has 3 nitrogen and oxygen atoms in total. The average molecular weight is 215 g/mol. The fourth-order valence-electron chi connectivity index (χ4n) is 1.55. The van der Waals surface area contributed by atoms with Gasteiger partial charge in [0, 0.05) is 12.6 Å². The van der Waals surface area contributed by atoms with Gasteiger partial charge in [-0.05, 0) is 24.3 Å². The van der Waals surface area contributed by atoms with Crippen LogP contribution >= 0.6 is 0 Å². The molecular weight excluding hydrogens is 202 g/mol. The van der Waals surface area contributed by atoms with Gasteiger partial charge >= 0.3 is 0 Å². The summed E-state index contributed by atoms with van der Waals surface area (Å²) in [7, 11) is 0. The summed E-state index contributed by atoms with van der Waals surface area (Å²) in [6.45, 7) is 2.02. The van der Waals surface area contributed by atoms with E-state index in [0.29, 0.717) is 6.54 Å². The lowest BCUT2D eigenvalue weighted by molar-refractivity contribution is -0.116. The minimum absolute atomic E-state index is 0.00241. The van der Waals surface area contributed by atoms with E-state index in [2.05, 4.69) is 0 Å². The quantitative estimate of drug-likeness (QED) is 0.788.